The largest absolute Gasteiger partial charge is 0.502 e. The van der Waals surface area contributed by atoms with Gasteiger partial charge in [-0.2, -0.15) is 0 Å². The van der Waals surface area contributed by atoms with Crippen molar-refractivity contribution >= 4 is 28.9 Å². The van der Waals surface area contributed by atoms with Gasteiger partial charge in [-0.25, -0.2) is 4.79 Å². The standard InChI is InChI=1S/C23H21NO6S/c1-11-4-6-12(7-5-11)18-19-21(31-22(18)23(27)28)14(10-17(25)24-19)13-8-15(29-2)20(26)16(9-13)30-3/h4-9,14,26H,10H2,1-3H3,(H,24,25)(H,27,28)/t14-/m1/s1. The molecule has 160 valence electrons. The summed E-state index contributed by atoms with van der Waals surface area (Å²) in [6, 6.07) is 10.8. The average Bonchev–Trinajstić information content (AvgIpc) is 3.13. The second-order valence-electron chi connectivity index (χ2n) is 7.30. The van der Waals surface area contributed by atoms with E-state index in [4.69, 9.17) is 9.47 Å². The van der Waals surface area contributed by atoms with Gasteiger partial charge in [0.15, 0.2) is 11.5 Å². The second-order valence-corrected chi connectivity index (χ2v) is 8.35. The summed E-state index contributed by atoms with van der Waals surface area (Å²) in [5.41, 5.74) is 3.48. The number of fused-ring (bicyclic) bond motifs is 1. The highest BCUT2D eigenvalue weighted by molar-refractivity contribution is 7.15. The molecule has 3 N–H and O–H groups in total. The summed E-state index contributed by atoms with van der Waals surface area (Å²) in [5, 5.41) is 23.0. The molecule has 0 saturated heterocycles. The van der Waals surface area contributed by atoms with Crippen LogP contribution in [0, 0.1) is 6.92 Å². The van der Waals surface area contributed by atoms with Crippen LogP contribution < -0.4 is 14.8 Å². The summed E-state index contributed by atoms with van der Waals surface area (Å²) in [6.45, 7) is 1.95. The molecule has 4 rings (SSSR count). The topological polar surface area (TPSA) is 105 Å². The number of aryl methyl sites for hydroxylation is 1. The van der Waals surface area contributed by atoms with Crippen LogP contribution in [0.5, 0.6) is 17.2 Å². The number of methoxy groups -OCH3 is 2. The molecule has 7 nitrogen and oxygen atoms in total. The van der Waals surface area contributed by atoms with Crippen LogP contribution in [0.2, 0.25) is 0 Å². The van der Waals surface area contributed by atoms with Crippen molar-refractivity contribution in [3.63, 3.8) is 0 Å². The molecule has 1 amide bonds. The number of carbonyl (C=O) groups excluding carboxylic acids is 1. The van der Waals surface area contributed by atoms with Crippen molar-refractivity contribution in [3.05, 3.63) is 57.3 Å². The van der Waals surface area contributed by atoms with Gasteiger partial charge in [-0.05, 0) is 30.2 Å². The molecule has 0 fully saturated rings. The maximum atomic E-state index is 12.6. The quantitative estimate of drug-likeness (QED) is 0.536. The maximum Gasteiger partial charge on any atom is 0.346 e. The lowest BCUT2D eigenvalue weighted by Gasteiger charge is -2.25. The minimum Gasteiger partial charge on any atom is -0.502 e. The molecule has 0 radical (unpaired) electrons. The van der Waals surface area contributed by atoms with E-state index in [9.17, 15) is 19.8 Å². The van der Waals surface area contributed by atoms with E-state index in [1.165, 1.54) is 14.2 Å². The Bertz CT molecular complexity index is 1160. The van der Waals surface area contributed by atoms with Crippen LogP contribution in [-0.4, -0.2) is 36.3 Å². The van der Waals surface area contributed by atoms with E-state index in [2.05, 4.69) is 5.32 Å². The van der Waals surface area contributed by atoms with E-state index in [0.29, 0.717) is 16.8 Å². The molecule has 3 aromatic rings. The van der Waals surface area contributed by atoms with Crippen molar-refractivity contribution in [3.8, 4) is 28.4 Å². The van der Waals surface area contributed by atoms with Gasteiger partial charge < -0.3 is 25.0 Å². The van der Waals surface area contributed by atoms with Crippen molar-refractivity contribution in [2.24, 2.45) is 0 Å². The van der Waals surface area contributed by atoms with E-state index in [1.807, 2.05) is 31.2 Å². The zero-order chi connectivity index (χ0) is 22.3. The van der Waals surface area contributed by atoms with Crippen molar-refractivity contribution in [2.45, 2.75) is 19.3 Å². The number of carbonyl (C=O) groups is 2. The maximum absolute atomic E-state index is 12.6. The molecule has 0 aliphatic carbocycles. The number of benzene rings is 2. The minimum absolute atomic E-state index is 0.132. The number of carboxylic acid groups (broad SMARTS) is 1. The number of anilines is 1. The zero-order valence-electron chi connectivity index (χ0n) is 17.2. The van der Waals surface area contributed by atoms with Crippen LogP contribution in [0.15, 0.2) is 36.4 Å². The lowest BCUT2D eigenvalue weighted by Crippen LogP contribution is -2.22. The van der Waals surface area contributed by atoms with Gasteiger partial charge in [-0.15, -0.1) is 11.3 Å². The fraction of sp³-hybridized carbons (Fsp3) is 0.217. The molecule has 1 aliphatic heterocycles. The number of nitrogens with one attached hydrogen (secondary N) is 1. The number of ether oxygens (including phenoxy) is 2. The van der Waals surface area contributed by atoms with E-state index in [-0.39, 0.29) is 34.5 Å². The lowest BCUT2D eigenvalue weighted by atomic mass is 9.88. The predicted octanol–water partition coefficient (Wildman–Crippen LogP) is 4.62. The molecular formula is C23H21NO6S. The molecule has 2 aromatic carbocycles. The first-order valence-corrected chi connectivity index (χ1v) is 10.4. The molecule has 0 saturated carbocycles. The average molecular weight is 439 g/mol. The highest BCUT2D eigenvalue weighted by Gasteiger charge is 2.35. The second kappa shape index (κ2) is 7.96. The monoisotopic (exact) mass is 439 g/mol. The highest BCUT2D eigenvalue weighted by Crippen LogP contribution is 2.51. The molecule has 1 aromatic heterocycles. The number of aromatic carboxylic acids is 1. The smallest absolute Gasteiger partial charge is 0.346 e. The Morgan fingerprint density at radius 3 is 2.29 bits per heavy atom. The third kappa shape index (κ3) is 3.59. The third-order valence-corrected chi connectivity index (χ3v) is 6.64. The highest BCUT2D eigenvalue weighted by atomic mass is 32.1. The molecule has 0 unspecified atom stereocenters. The zero-order valence-corrected chi connectivity index (χ0v) is 18.0. The first-order chi connectivity index (χ1) is 14.8. The Morgan fingerprint density at radius 2 is 1.74 bits per heavy atom. The Labute approximate surface area is 182 Å². The van der Waals surface area contributed by atoms with Gasteiger partial charge in [-0.3, -0.25) is 4.79 Å². The van der Waals surface area contributed by atoms with Gasteiger partial charge in [0.2, 0.25) is 11.7 Å². The van der Waals surface area contributed by atoms with Crippen molar-refractivity contribution < 1.29 is 29.3 Å². The number of aromatic hydroxyl groups is 1. The summed E-state index contributed by atoms with van der Waals surface area (Å²) >= 11 is 1.15. The van der Waals surface area contributed by atoms with E-state index in [0.717, 1.165) is 27.3 Å². The first-order valence-electron chi connectivity index (χ1n) is 9.55. The molecule has 8 heteroatoms. The number of thiophene rings is 1. The normalized spacial score (nSPS) is 15.2. The Balaban J connectivity index is 1.94. The summed E-state index contributed by atoms with van der Waals surface area (Å²) in [7, 11) is 2.86. The number of phenols is 1. The van der Waals surface area contributed by atoms with E-state index in [1.54, 1.807) is 12.1 Å². The molecule has 2 heterocycles. The molecule has 0 bridgehead atoms. The number of amides is 1. The fourth-order valence-corrected chi connectivity index (χ4v) is 5.06. The van der Waals surface area contributed by atoms with Crippen LogP contribution in [0.3, 0.4) is 0 Å². The summed E-state index contributed by atoms with van der Waals surface area (Å²) in [6.07, 6.45) is 0.136. The number of hydrogen-bond acceptors (Lipinski definition) is 6. The first kappa shape index (κ1) is 20.7. The predicted molar refractivity (Wildman–Crippen MR) is 118 cm³/mol. The van der Waals surface area contributed by atoms with Crippen LogP contribution in [0.1, 0.15) is 38.0 Å². The Kier molecular flexibility index (Phi) is 5.32. The van der Waals surface area contributed by atoms with Crippen LogP contribution >= 0.6 is 11.3 Å². The molecule has 31 heavy (non-hydrogen) atoms. The van der Waals surface area contributed by atoms with Crippen molar-refractivity contribution in [1.82, 2.24) is 0 Å². The van der Waals surface area contributed by atoms with Gasteiger partial charge in [0.05, 0.1) is 19.9 Å². The number of hydrogen-bond donors (Lipinski definition) is 3. The van der Waals surface area contributed by atoms with Crippen molar-refractivity contribution in [1.29, 1.82) is 0 Å². The van der Waals surface area contributed by atoms with Gasteiger partial charge in [-0.1, -0.05) is 29.8 Å². The van der Waals surface area contributed by atoms with Crippen LogP contribution in [-0.2, 0) is 4.79 Å². The summed E-state index contributed by atoms with van der Waals surface area (Å²) < 4.78 is 10.5. The summed E-state index contributed by atoms with van der Waals surface area (Å²) in [5.74, 6) is -1.37. The van der Waals surface area contributed by atoms with Gasteiger partial charge in [0, 0.05) is 22.8 Å². The Hall–Kier alpha value is -3.52. The minimum atomic E-state index is -1.05. The van der Waals surface area contributed by atoms with Crippen LogP contribution in [0.25, 0.3) is 11.1 Å². The molecule has 1 atom stereocenters. The van der Waals surface area contributed by atoms with Gasteiger partial charge in [0.1, 0.15) is 4.88 Å². The van der Waals surface area contributed by atoms with Crippen molar-refractivity contribution in [2.75, 3.05) is 19.5 Å². The number of rotatable bonds is 5. The van der Waals surface area contributed by atoms with Gasteiger partial charge in [0.25, 0.3) is 0 Å². The SMILES string of the molecule is COc1cc([C@H]2CC(=O)Nc3c2sc(C(=O)O)c3-c2ccc(C)cc2)cc(OC)c1O. The molecule has 1 aliphatic rings. The van der Waals surface area contributed by atoms with Gasteiger partial charge >= 0.3 is 5.97 Å². The fourth-order valence-electron chi connectivity index (χ4n) is 3.82. The third-order valence-electron chi connectivity index (χ3n) is 5.34. The Morgan fingerprint density at radius 1 is 1.13 bits per heavy atom. The van der Waals surface area contributed by atoms with Crippen LogP contribution in [0.4, 0.5) is 5.69 Å². The summed E-state index contributed by atoms with van der Waals surface area (Å²) in [4.78, 5) is 25.6. The molecule has 0 spiro atoms. The number of carboxylic acids is 1. The number of phenolic OH excluding ortho intramolecular Hbond substituents is 1. The van der Waals surface area contributed by atoms with E-state index >= 15 is 0 Å². The van der Waals surface area contributed by atoms with E-state index < -0.39 is 11.9 Å². The lowest BCUT2D eigenvalue weighted by molar-refractivity contribution is -0.116. The molecular weight excluding hydrogens is 418 g/mol.